The third-order valence-electron chi connectivity index (χ3n) is 11.6. The second-order valence-electron chi connectivity index (χ2n) is 15.4. The fraction of sp³-hybridized carbons (Fsp3) is 0.0179. The molecule has 0 amide bonds. The molecular weight excluding hydrogens is 771 g/mol. The Balaban J connectivity index is 0.925. The van der Waals surface area contributed by atoms with E-state index in [1.807, 2.05) is 42.5 Å². The molecule has 0 aliphatic carbocycles. The first-order valence-corrected chi connectivity index (χ1v) is 21.0. The summed E-state index contributed by atoms with van der Waals surface area (Å²) in [6.07, 6.45) is 3.49. The lowest BCUT2D eigenvalue weighted by Gasteiger charge is -2.24. The van der Waals surface area contributed by atoms with Gasteiger partial charge in [0.1, 0.15) is 11.4 Å². The van der Waals surface area contributed by atoms with Crippen molar-refractivity contribution < 1.29 is 0 Å². The quantitative estimate of drug-likeness (QED) is 0.145. The zero-order valence-electron chi connectivity index (χ0n) is 34.4. The maximum absolute atomic E-state index is 4.93. The monoisotopic (exact) mass is 809 g/mol. The Morgan fingerprint density at radius 3 is 1.70 bits per heavy atom. The van der Waals surface area contributed by atoms with Crippen LogP contribution in [0.15, 0.2) is 219 Å². The lowest BCUT2D eigenvalue weighted by molar-refractivity contribution is 1.05. The third kappa shape index (κ3) is 7.07. The summed E-state index contributed by atoms with van der Waals surface area (Å²) in [5.74, 6) is 1.53. The lowest BCUT2D eigenvalue weighted by atomic mass is 9.92. The molecule has 7 heteroatoms. The average Bonchev–Trinajstić information content (AvgIpc) is 3.70. The molecule has 11 rings (SSSR count). The molecule has 7 aromatic carbocycles. The van der Waals surface area contributed by atoms with Gasteiger partial charge in [-0.25, -0.2) is 15.0 Å². The Labute approximate surface area is 365 Å². The Kier molecular flexibility index (Phi) is 9.59. The van der Waals surface area contributed by atoms with E-state index in [2.05, 4.69) is 190 Å². The van der Waals surface area contributed by atoms with Crippen LogP contribution in [0.25, 0.3) is 95.3 Å². The molecule has 0 fully saturated rings. The van der Waals surface area contributed by atoms with E-state index in [-0.39, 0.29) is 0 Å². The van der Waals surface area contributed by atoms with E-state index in [1.54, 1.807) is 12.4 Å². The highest BCUT2D eigenvalue weighted by molar-refractivity contribution is 6.10. The van der Waals surface area contributed by atoms with E-state index in [0.29, 0.717) is 28.9 Å². The molecule has 0 radical (unpaired) electrons. The van der Waals surface area contributed by atoms with Gasteiger partial charge in [0.2, 0.25) is 0 Å². The summed E-state index contributed by atoms with van der Waals surface area (Å²) >= 11 is 0. The van der Waals surface area contributed by atoms with Crippen molar-refractivity contribution in [2.24, 2.45) is 0 Å². The number of benzene rings is 7. The van der Waals surface area contributed by atoms with E-state index in [9.17, 15) is 0 Å². The normalized spacial score (nSPS) is 11.3. The van der Waals surface area contributed by atoms with Crippen LogP contribution >= 0.6 is 0 Å². The van der Waals surface area contributed by atoms with Gasteiger partial charge in [0.25, 0.3) is 0 Å². The van der Waals surface area contributed by atoms with Gasteiger partial charge in [0.15, 0.2) is 17.5 Å². The van der Waals surface area contributed by atoms with Crippen molar-refractivity contribution in [3.8, 4) is 73.5 Å². The minimum atomic E-state index is 0.491. The van der Waals surface area contributed by atoms with Crippen LogP contribution in [-0.2, 0) is 0 Å². The molecule has 0 spiro atoms. The summed E-state index contributed by atoms with van der Waals surface area (Å²) in [5.41, 5.74) is 14.7. The van der Waals surface area contributed by atoms with Gasteiger partial charge in [-0.3, -0.25) is 9.97 Å². The molecule has 63 heavy (non-hydrogen) atoms. The smallest absolute Gasteiger partial charge is 0.182 e. The number of hydrogen-bond acceptors (Lipinski definition) is 6. The number of rotatable bonds is 9. The first kappa shape index (κ1) is 37.4. The van der Waals surface area contributed by atoms with E-state index in [0.717, 1.165) is 44.9 Å². The molecular formula is C56H39N7. The summed E-state index contributed by atoms with van der Waals surface area (Å²) in [6, 6.07) is 72.0. The van der Waals surface area contributed by atoms with Gasteiger partial charge >= 0.3 is 0 Å². The average molecular weight is 810 g/mol. The maximum Gasteiger partial charge on any atom is 0.182 e. The molecule has 0 bridgehead atoms. The number of nitrogens with zero attached hydrogens (tertiary/aromatic N) is 7. The van der Waals surface area contributed by atoms with Crippen LogP contribution in [0.2, 0.25) is 0 Å². The Morgan fingerprint density at radius 1 is 0.381 bits per heavy atom. The van der Waals surface area contributed by atoms with Crippen molar-refractivity contribution in [3.63, 3.8) is 0 Å². The van der Waals surface area contributed by atoms with Crippen molar-refractivity contribution in [2.45, 2.75) is 0 Å². The summed E-state index contributed by atoms with van der Waals surface area (Å²) in [6.45, 7) is 0. The summed E-state index contributed by atoms with van der Waals surface area (Å²) in [7, 11) is 2.14. The SMILES string of the molecule is CN(c1ccc(-c2ccc3c(c2)c2ccccc2n3-c2ccccc2)cc1)c1ccccc1-c1ccccc1-c1cccc(-c2nc(-c3ccccn3)nc(-c3ccccn3)n2)c1. The zero-order valence-corrected chi connectivity index (χ0v) is 34.4. The fourth-order valence-electron chi connectivity index (χ4n) is 8.54. The van der Waals surface area contributed by atoms with Crippen LogP contribution in [0, 0.1) is 0 Å². The Morgan fingerprint density at radius 2 is 0.968 bits per heavy atom. The van der Waals surface area contributed by atoms with Crippen LogP contribution in [0.4, 0.5) is 11.4 Å². The van der Waals surface area contributed by atoms with Gasteiger partial charge in [0, 0.05) is 58.4 Å². The Hall–Kier alpha value is -8.55. The second kappa shape index (κ2) is 16.1. The number of anilines is 2. The van der Waals surface area contributed by atoms with Crippen molar-refractivity contribution in [2.75, 3.05) is 11.9 Å². The minimum absolute atomic E-state index is 0.491. The number of aromatic nitrogens is 6. The fourth-order valence-corrected chi connectivity index (χ4v) is 8.54. The van der Waals surface area contributed by atoms with E-state index in [1.165, 1.54) is 32.9 Å². The van der Waals surface area contributed by atoms with Gasteiger partial charge in [-0.05, 0) is 107 Å². The lowest BCUT2D eigenvalue weighted by Crippen LogP contribution is -2.10. The zero-order chi connectivity index (χ0) is 42.1. The molecule has 4 aromatic heterocycles. The number of pyridine rings is 2. The molecule has 0 atom stereocenters. The maximum atomic E-state index is 4.93. The standard InChI is InChI=1S/C56H39N7/c1-62(42-31-28-38(29-32-42)39-30-33-53-48(37-39)47-23-8-10-27-52(47)63(53)43-18-3-2-4-19-43)51-26-9-7-22-46(51)45-21-6-5-20-44(45)40-16-15-17-41(36-40)54-59-55(49-24-11-13-34-57-49)61-56(60-54)50-25-12-14-35-58-50/h2-37H,1H3. The highest BCUT2D eigenvalue weighted by Crippen LogP contribution is 2.41. The highest BCUT2D eigenvalue weighted by Gasteiger charge is 2.18. The highest BCUT2D eigenvalue weighted by atomic mass is 15.1. The molecule has 0 aliphatic rings. The predicted octanol–water partition coefficient (Wildman–Crippen LogP) is 13.5. The van der Waals surface area contributed by atoms with Gasteiger partial charge in [-0.15, -0.1) is 0 Å². The van der Waals surface area contributed by atoms with Gasteiger partial charge < -0.3 is 9.47 Å². The number of para-hydroxylation sites is 3. The van der Waals surface area contributed by atoms with Crippen LogP contribution in [-0.4, -0.2) is 36.5 Å². The first-order valence-electron chi connectivity index (χ1n) is 21.0. The van der Waals surface area contributed by atoms with Gasteiger partial charge in [-0.1, -0.05) is 127 Å². The van der Waals surface area contributed by atoms with Crippen molar-refractivity contribution >= 4 is 33.2 Å². The van der Waals surface area contributed by atoms with Gasteiger partial charge in [-0.2, -0.15) is 0 Å². The van der Waals surface area contributed by atoms with Crippen LogP contribution < -0.4 is 4.90 Å². The third-order valence-corrected chi connectivity index (χ3v) is 11.6. The molecule has 0 aliphatic heterocycles. The summed E-state index contributed by atoms with van der Waals surface area (Å²) in [5, 5.41) is 2.48. The van der Waals surface area contributed by atoms with Crippen molar-refractivity contribution in [1.82, 2.24) is 29.5 Å². The molecule has 11 aromatic rings. The first-order chi connectivity index (χ1) is 31.2. The van der Waals surface area contributed by atoms with Crippen molar-refractivity contribution in [1.29, 1.82) is 0 Å². The molecule has 0 unspecified atom stereocenters. The largest absolute Gasteiger partial charge is 0.344 e. The topological polar surface area (TPSA) is 72.6 Å². The minimum Gasteiger partial charge on any atom is -0.344 e. The summed E-state index contributed by atoms with van der Waals surface area (Å²) in [4.78, 5) is 26.0. The van der Waals surface area contributed by atoms with Crippen LogP contribution in [0.3, 0.4) is 0 Å². The summed E-state index contributed by atoms with van der Waals surface area (Å²) < 4.78 is 2.35. The predicted molar refractivity (Wildman–Crippen MR) is 257 cm³/mol. The molecule has 4 heterocycles. The number of hydrogen-bond donors (Lipinski definition) is 0. The molecule has 7 nitrogen and oxygen atoms in total. The molecule has 0 saturated carbocycles. The second-order valence-corrected chi connectivity index (χ2v) is 15.4. The van der Waals surface area contributed by atoms with E-state index < -0.39 is 0 Å². The molecule has 0 saturated heterocycles. The molecule has 0 N–H and O–H groups in total. The van der Waals surface area contributed by atoms with Gasteiger partial charge in [0.05, 0.1) is 11.0 Å². The van der Waals surface area contributed by atoms with E-state index in [4.69, 9.17) is 15.0 Å². The molecule has 298 valence electrons. The van der Waals surface area contributed by atoms with E-state index >= 15 is 0 Å². The van der Waals surface area contributed by atoms with Crippen molar-refractivity contribution in [3.05, 3.63) is 219 Å². The van der Waals surface area contributed by atoms with Crippen LogP contribution in [0.5, 0.6) is 0 Å². The number of fused-ring (bicyclic) bond motifs is 3. The van der Waals surface area contributed by atoms with Crippen LogP contribution in [0.1, 0.15) is 0 Å². The Bertz CT molecular complexity index is 3340.